The molecule has 11 nitrogen and oxygen atoms in total. The van der Waals surface area contributed by atoms with Gasteiger partial charge in [-0.2, -0.15) is 14.4 Å². The third kappa shape index (κ3) is 6.73. The molecule has 2 aromatic heterocycles. The summed E-state index contributed by atoms with van der Waals surface area (Å²) in [5.41, 5.74) is 5.44. The van der Waals surface area contributed by atoms with Gasteiger partial charge in [0.2, 0.25) is 16.0 Å². The van der Waals surface area contributed by atoms with Gasteiger partial charge in [0.05, 0.1) is 35.9 Å². The summed E-state index contributed by atoms with van der Waals surface area (Å²) in [4.78, 5) is 15.2. The maximum Gasteiger partial charge on any atom is 0.246 e. The highest BCUT2D eigenvalue weighted by Crippen LogP contribution is 2.34. The largest absolute Gasteiger partial charge is 0.508 e. The lowest BCUT2D eigenvalue weighted by Gasteiger charge is -2.32. The van der Waals surface area contributed by atoms with Crippen LogP contribution < -0.4 is 10.3 Å². The highest BCUT2D eigenvalue weighted by molar-refractivity contribution is 7.88. The first-order valence-corrected chi connectivity index (χ1v) is 15.5. The Kier molecular flexibility index (Phi) is 8.43. The maximum absolute atomic E-state index is 11.9. The number of hydrazone groups is 1. The minimum Gasteiger partial charge on any atom is -0.508 e. The molecule has 3 aromatic rings. The summed E-state index contributed by atoms with van der Waals surface area (Å²) >= 11 is 1.68. The minimum absolute atomic E-state index is 0.231. The number of morpholine rings is 1. The van der Waals surface area contributed by atoms with Gasteiger partial charge in [0.1, 0.15) is 5.75 Å². The van der Waals surface area contributed by atoms with Crippen LogP contribution in [0.5, 0.6) is 5.75 Å². The monoisotopic (exact) mass is 571 g/mol. The number of thiophene rings is 1. The van der Waals surface area contributed by atoms with Crippen LogP contribution in [0.4, 0.5) is 11.8 Å². The van der Waals surface area contributed by atoms with Gasteiger partial charge in [-0.05, 0) is 41.8 Å². The van der Waals surface area contributed by atoms with E-state index in [1.54, 1.807) is 35.8 Å². The average Bonchev–Trinajstić information content (AvgIpc) is 3.32. The fourth-order valence-corrected chi connectivity index (χ4v) is 6.67. The predicted molar refractivity (Wildman–Crippen MR) is 155 cm³/mol. The number of benzene rings is 1. The number of hydrogen-bond acceptors (Lipinski definition) is 11. The van der Waals surface area contributed by atoms with Gasteiger partial charge in [-0.3, -0.25) is 4.90 Å². The SMILES string of the molecule is C=CCc1cc(/C=N/Nc2nc(N3CCOCC3)c3sc(CN4CCN(S(C)(=O)=O)CC4)cc3n2)ccc1O. The van der Waals surface area contributed by atoms with Gasteiger partial charge in [0.15, 0.2) is 5.82 Å². The molecule has 2 fully saturated rings. The molecule has 2 N–H and O–H groups in total. The number of aromatic hydroxyl groups is 1. The second-order valence-electron chi connectivity index (χ2n) is 9.59. The number of fused-ring (bicyclic) bond motifs is 1. The molecule has 2 saturated heterocycles. The van der Waals surface area contributed by atoms with Crippen LogP contribution >= 0.6 is 11.3 Å². The number of sulfonamides is 1. The van der Waals surface area contributed by atoms with Crippen molar-refractivity contribution in [2.45, 2.75) is 13.0 Å². The molecule has 0 saturated carbocycles. The van der Waals surface area contributed by atoms with Gasteiger partial charge in [0.25, 0.3) is 0 Å². The Morgan fingerprint density at radius 2 is 1.92 bits per heavy atom. The van der Waals surface area contributed by atoms with Crippen molar-refractivity contribution in [2.75, 3.05) is 69.1 Å². The smallest absolute Gasteiger partial charge is 0.246 e. The summed E-state index contributed by atoms with van der Waals surface area (Å²) in [6.45, 7) is 9.63. The number of nitrogens with one attached hydrogen (secondary N) is 1. The van der Waals surface area contributed by atoms with E-state index in [2.05, 4.69) is 33.0 Å². The fourth-order valence-electron chi connectivity index (χ4n) is 4.69. The molecule has 0 radical (unpaired) electrons. The van der Waals surface area contributed by atoms with Crippen molar-refractivity contribution in [3.05, 3.63) is 52.9 Å². The number of rotatable bonds is 9. The molecule has 0 atom stereocenters. The zero-order chi connectivity index (χ0) is 27.4. The molecule has 4 heterocycles. The molecule has 5 rings (SSSR count). The summed E-state index contributed by atoms with van der Waals surface area (Å²) in [6, 6.07) is 7.39. The molecule has 0 aliphatic carbocycles. The summed E-state index contributed by atoms with van der Waals surface area (Å²) in [5.74, 6) is 1.49. The Morgan fingerprint density at radius 3 is 2.64 bits per heavy atom. The lowest BCUT2D eigenvalue weighted by atomic mass is 10.1. The molecule has 1 aromatic carbocycles. The molecule has 13 heteroatoms. The van der Waals surface area contributed by atoms with E-state index in [-0.39, 0.29) is 5.75 Å². The van der Waals surface area contributed by atoms with Crippen LogP contribution in [0, 0.1) is 0 Å². The first kappa shape index (κ1) is 27.5. The number of phenols is 1. The van der Waals surface area contributed by atoms with Crippen molar-refractivity contribution in [2.24, 2.45) is 5.10 Å². The number of hydrogen-bond donors (Lipinski definition) is 2. The highest BCUT2D eigenvalue weighted by Gasteiger charge is 2.25. The zero-order valence-electron chi connectivity index (χ0n) is 21.9. The molecule has 0 unspecified atom stereocenters. The average molecular weight is 572 g/mol. The van der Waals surface area contributed by atoms with Crippen LogP contribution in [0.1, 0.15) is 16.0 Å². The van der Waals surface area contributed by atoms with E-state index in [1.165, 1.54) is 10.6 Å². The van der Waals surface area contributed by atoms with E-state index < -0.39 is 10.0 Å². The molecule has 39 heavy (non-hydrogen) atoms. The number of aromatic nitrogens is 2. The van der Waals surface area contributed by atoms with E-state index in [1.807, 2.05) is 6.07 Å². The summed E-state index contributed by atoms with van der Waals surface area (Å²) in [6.07, 6.45) is 5.25. The van der Waals surface area contributed by atoms with Crippen LogP contribution in [-0.4, -0.2) is 97.7 Å². The Hall–Kier alpha value is -3.10. The summed E-state index contributed by atoms with van der Waals surface area (Å²) < 4.78 is 31.8. The van der Waals surface area contributed by atoms with Gasteiger partial charge in [-0.25, -0.2) is 18.8 Å². The molecule has 2 aliphatic heterocycles. The molecule has 208 valence electrons. The number of piperazine rings is 1. The normalized spacial score (nSPS) is 17.7. The van der Waals surface area contributed by atoms with Gasteiger partial charge in [0, 0.05) is 50.7 Å². The first-order valence-electron chi connectivity index (χ1n) is 12.8. The van der Waals surface area contributed by atoms with Gasteiger partial charge in [-0.1, -0.05) is 6.08 Å². The maximum atomic E-state index is 11.9. The van der Waals surface area contributed by atoms with Gasteiger partial charge in [-0.15, -0.1) is 17.9 Å². The molecule has 0 spiro atoms. The van der Waals surface area contributed by atoms with Gasteiger partial charge < -0.3 is 14.7 Å². The van der Waals surface area contributed by atoms with Crippen molar-refractivity contribution >= 4 is 49.6 Å². The van der Waals surface area contributed by atoms with Crippen molar-refractivity contribution in [1.82, 2.24) is 19.2 Å². The minimum atomic E-state index is -3.16. The lowest BCUT2D eigenvalue weighted by Crippen LogP contribution is -2.47. The number of phenolic OH excluding ortho intramolecular Hbond substituents is 1. The van der Waals surface area contributed by atoms with E-state index in [0.29, 0.717) is 51.8 Å². The third-order valence-electron chi connectivity index (χ3n) is 6.74. The standard InChI is InChI=1S/C26H33N7O4S2/c1-3-4-20-15-19(5-6-23(20)34)17-27-30-26-28-22-16-21(18-31-7-9-33(10-8-31)39(2,35)36)38-24(22)25(29-26)32-11-13-37-14-12-32/h3,5-6,15-17,34H,1,4,7-14,18H2,2H3,(H,28,29,30)/b27-17+. The lowest BCUT2D eigenvalue weighted by molar-refractivity contribution is 0.122. The number of allylic oxidation sites excluding steroid dienone is 1. The van der Waals surface area contributed by atoms with E-state index >= 15 is 0 Å². The number of anilines is 2. The predicted octanol–water partition coefficient (Wildman–Crippen LogP) is 2.49. The first-order chi connectivity index (χ1) is 18.8. The highest BCUT2D eigenvalue weighted by atomic mass is 32.2. The number of ether oxygens (including phenoxy) is 1. The molecule has 2 aliphatic rings. The summed E-state index contributed by atoms with van der Waals surface area (Å²) in [5, 5.41) is 14.4. The number of nitrogens with zero attached hydrogens (tertiary/aromatic N) is 6. The van der Waals surface area contributed by atoms with Crippen molar-refractivity contribution in [3.8, 4) is 5.75 Å². The third-order valence-corrected chi connectivity index (χ3v) is 9.15. The Bertz CT molecular complexity index is 1460. The molecular formula is C26H33N7O4S2. The van der Waals surface area contributed by atoms with E-state index in [4.69, 9.17) is 14.7 Å². The van der Waals surface area contributed by atoms with Crippen molar-refractivity contribution < 1.29 is 18.3 Å². The van der Waals surface area contributed by atoms with E-state index in [9.17, 15) is 13.5 Å². The Balaban J connectivity index is 1.36. The second kappa shape index (κ2) is 12.0. The zero-order valence-corrected chi connectivity index (χ0v) is 23.5. The van der Waals surface area contributed by atoms with Crippen LogP contribution in [0.25, 0.3) is 10.2 Å². The molecular weight excluding hydrogens is 538 g/mol. The second-order valence-corrected chi connectivity index (χ2v) is 12.7. The fraction of sp³-hybridized carbons (Fsp3) is 0.423. The van der Waals surface area contributed by atoms with Crippen LogP contribution in [0.3, 0.4) is 0 Å². The topological polar surface area (TPSA) is 123 Å². The summed E-state index contributed by atoms with van der Waals surface area (Å²) in [7, 11) is -3.16. The molecule has 0 bridgehead atoms. The van der Waals surface area contributed by atoms with Crippen molar-refractivity contribution in [1.29, 1.82) is 0 Å². The van der Waals surface area contributed by atoms with Crippen LogP contribution in [0.15, 0.2) is 42.0 Å². The Morgan fingerprint density at radius 1 is 1.15 bits per heavy atom. The van der Waals surface area contributed by atoms with Crippen LogP contribution in [-0.2, 0) is 27.7 Å². The van der Waals surface area contributed by atoms with Crippen LogP contribution in [0.2, 0.25) is 0 Å². The quantitative estimate of drug-likeness (QED) is 0.227. The van der Waals surface area contributed by atoms with E-state index in [0.717, 1.165) is 51.7 Å². The van der Waals surface area contributed by atoms with Gasteiger partial charge >= 0.3 is 0 Å². The molecule has 0 amide bonds. The van der Waals surface area contributed by atoms with Crippen molar-refractivity contribution in [3.63, 3.8) is 0 Å². The Labute approximate surface area is 232 Å².